The molecule has 0 amide bonds. The standard InChI is InChI=1S/C11H25NO/c1-8(2)7-10(12)9(3)13-11(4,5)6/h8-10H,7,12H2,1-6H3/t9-,10-/m1/s1. The zero-order chi connectivity index (χ0) is 10.6. The molecule has 0 spiro atoms. The number of rotatable bonds is 4. The van der Waals surface area contributed by atoms with Gasteiger partial charge in [-0.25, -0.2) is 0 Å². The Kier molecular flexibility index (Phi) is 4.93. The van der Waals surface area contributed by atoms with Gasteiger partial charge in [0.2, 0.25) is 0 Å². The second kappa shape index (κ2) is 4.97. The van der Waals surface area contributed by atoms with Crippen molar-refractivity contribution in [1.82, 2.24) is 0 Å². The third-order valence-electron chi connectivity index (χ3n) is 1.89. The van der Waals surface area contributed by atoms with Crippen LogP contribution in [0, 0.1) is 5.92 Å². The van der Waals surface area contributed by atoms with Crippen molar-refractivity contribution >= 4 is 0 Å². The summed E-state index contributed by atoms with van der Waals surface area (Å²) in [5.41, 5.74) is 5.91. The monoisotopic (exact) mass is 187 g/mol. The van der Waals surface area contributed by atoms with Gasteiger partial charge in [0.15, 0.2) is 0 Å². The van der Waals surface area contributed by atoms with Crippen molar-refractivity contribution in [1.29, 1.82) is 0 Å². The van der Waals surface area contributed by atoms with Crippen molar-refractivity contribution in [2.45, 2.75) is 65.7 Å². The van der Waals surface area contributed by atoms with Crippen LogP contribution in [0.15, 0.2) is 0 Å². The van der Waals surface area contributed by atoms with Gasteiger partial charge >= 0.3 is 0 Å². The summed E-state index contributed by atoms with van der Waals surface area (Å²) in [5.74, 6) is 0.640. The van der Waals surface area contributed by atoms with E-state index in [1.54, 1.807) is 0 Å². The average molecular weight is 187 g/mol. The maximum Gasteiger partial charge on any atom is 0.0705 e. The zero-order valence-electron chi connectivity index (χ0n) is 9.92. The van der Waals surface area contributed by atoms with Crippen LogP contribution in [0.25, 0.3) is 0 Å². The number of ether oxygens (including phenoxy) is 1. The molecule has 0 saturated heterocycles. The molecule has 2 atom stereocenters. The molecule has 0 bridgehead atoms. The predicted molar refractivity (Wildman–Crippen MR) is 57.7 cm³/mol. The van der Waals surface area contributed by atoms with Crippen molar-refractivity contribution in [3.8, 4) is 0 Å². The highest BCUT2D eigenvalue weighted by atomic mass is 16.5. The highest BCUT2D eigenvalue weighted by molar-refractivity contribution is 4.74. The third kappa shape index (κ3) is 7.03. The molecule has 0 saturated carbocycles. The zero-order valence-corrected chi connectivity index (χ0v) is 9.92. The van der Waals surface area contributed by atoms with E-state index in [9.17, 15) is 0 Å². The first-order valence-corrected chi connectivity index (χ1v) is 5.16. The van der Waals surface area contributed by atoms with Crippen LogP contribution >= 0.6 is 0 Å². The summed E-state index contributed by atoms with van der Waals surface area (Å²) in [6.45, 7) is 12.6. The second-order valence-electron chi connectivity index (χ2n) is 5.23. The van der Waals surface area contributed by atoms with Crippen LogP contribution in [0.2, 0.25) is 0 Å². The van der Waals surface area contributed by atoms with Crippen LogP contribution in [0.1, 0.15) is 48.0 Å². The van der Waals surface area contributed by atoms with E-state index >= 15 is 0 Å². The van der Waals surface area contributed by atoms with Crippen LogP contribution in [0.3, 0.4) is 0 Å². The van der Waals surface area contributed by atoms with E-state index in [-0.39, 0.29) is 17.7 Å². The van der Waals surface area contributed by atoms with Gasteiger partial charge in [0.1, 0.15) is 0 Å². The van der Waals surface area contributed by atoms with Gasteiger partial charge in [0, 0.05) is 6.04 Å². The molecule has 0 heterocycles. The first kappa shape index (κ1) is 12.9. The Hall–Kier alpha value is -0.0800. The lowest BCUT2D eigenvalue weighted by molar-refractivity contribution is -0.0633. The minimum atomic E-state index is -0.0893. The first-order valence-electron chi connectivity index (χ1n) is 5.16. The Morgan fingerprint density at radius 2 is 1.62 bits per heavy atom. The fourth-order valence-electron chi connectivity index (χ4n) is 1.38. The van der Waals surface area contributed by atoms with E-state index < -0.39 is 0 Å². The van der Waals surface area contributed by atoms with Crippen molar-refractivity contribution in [2.75, 3.05) is 0 Å². The number of hydrogen-bond acceptors (Lipinski definition) is 2. The summed E-state index contributed by atoms with van der Waals surface area (Å²) in [4.78, 5) is 0. The summed E-state index contributed by atoms with van der Waals surface area (Å²) in [7, 11) is 0. The van der Waals surface area contributed by atoms with E-state index in [4.69, 9.17) is 10.5 Å². The summed E-state index contributed by atoms with van der Waals surface area (Å²) >= 11 is 0. The molecule has 80 valence electrons. The molecular formula is C11H25NO. The lowest BCUT2D eigenvalue weighted by atomic mass is 10.0. The molecule has 0 fully saturated rings. The maximum absolute atomic E-state index is 6.00. The minimum absolute atomic E-state index is 0.0893. The fourth-order valence-corrected chi connectivity index (χ4v) is 1.38. The average Bonchev–Trinajstić information content (AvgIpc) is 1.81. The maximum atomic E-state index is 6.00. The van der Waals surface area contributed by atoms with Gasteiger partial charge in [-0.2, -0.15) is 0 Å². The predicted octanol–water partition coefficient (Wildman–Crippen LogP) is 2.56. The van der Waals surface area contributed by atoms with Gasteiger partial charge < -0.3 is 10.5 Å². The van der Waals surface area contributed by atoms with Crippen molar-refractivity contribution in [2.24, 2.45) is 11.7 Å². The Morgan fingerprint density at radius 1 is 1.15 bits per heavy atom. The number of nitrogens with two attached hydrogens (primary N) is 1. The molecule has 0 unspecified atom stereocenters. The molecule has 0 aromatic heterocycles. The molecule has 0 aromatic carbocycles. The van der Waals surface area contributed by atoms with Gasteiger partial charge in [0.05, 0.1) is 11.7 Å². The second-order valence-corrected chi connectivity index (χ2v) is 5.23. The van der Waals surface area contributed by atoms with Crippen LogP contribution in [0.4, 0.5) is 0 Å². The fraction of sp³-hybridized carbons (Fsp3) is 1.00. The van der Waals surface area contributed by atoms with Crippen LogP contribution in [0.5, 0.6) is 0 Å². The lowest BCUT2D eigenvalue weighted by Crippen LogP contribution is -2.40. The molecule has 0 radical (unpaired) electrons. The van der Waals surface area contributed by atoms with Gasteiger partial charge in [-0.1, -0.05) is 13.8 Å². The van der Waals surface area contributed by atoms with Crippen molar-refractivity contribution in [3.63, 3.8) is 0 Å². The molecule has 0 aliphatic carbocycles. The SMILES string of the molecule is CC(C)C[C@@H](N)[C@@H](C)OC(C)(C)C. The molecule has 2 N–H and O–H groups in total. The van der Waals surface area contributed by atoms with Crippen LogP contribution in [-0.4, -0.2) is 17.7 Å². The van der Waals surface area contributed by atoms with E-state index in [0.717, 1.165) is 6.42 Å². The molecule has 2 heteroatoms. The Labute approximate surface area is 82.8 Å². The van der Waals surface area contributed by atoms with Gasteiger partial charge in [-0.3, -0.25) is 0 Å². The van der Waals surface area contributed by atoms with Gasteiger partial charge in [-0.05, 0) is 40.0 Å². The molecule has 0 rings (SSSR count). The van der Waals surface area contributed by atoms with Crippen molar-refractivity contribution in [3.05, 3.63) is 0 Å². The molecule has 2 nitrogen and oxygen atoms in total. The normalized spacial score (nSPS) is 17.5. The van der Waals surface area contributed by atoms with E-state index in [0.29, 0.717) is 5.92 Å². The molecular weight excluding hydrogens is 162 g/mol. The molecule has 0 aliphatic rings. The smallest absolute Gasteiger partial charge is 0.0705 e. The van der Waals surface area contributed by atoms with E-state index in [1.807, 2.05) is 0 Å². The summed E-state index contributed by atoms with van der Waals surface area (Å²) in [5, 5.41) is 0. The molecule has 13 heavy (non-hydrogen) atoms. The highest BCUT2D eigenvalue weighted by Crippen LogP contribution is 2.15. The lowest BCUT2D eigenvalue weighted by Gasteiger charge is -2.29. The van der Waals surface area contributed by atoms with Gasteiger partial charge in [0.25, 0.3) is 0 Å². The largest absolute Gasteiger partial charge is 0.371 e. The van der Waals surface area contributed by atoms with Gasteiger partial charge in [-0.15, -0.1) is 0 Å². The number of hydrogen-bond donors (Lipinski definition) is 1. The minimum Gasteiger partial charge on any atom is -0.371 e. The third-order valence-corrected chi connectivity index (χ3v) is 1.89. The topological polar surface area (TPSA) is 35.2 Å². The Balaban J connectivity index is 3.89. The van der Waals surface area contributed by atoms with Crippen LogP contribution in [-0.2, 0) is 4.74 Å². The summed E-state index contributed by atoms with van der Waals surface area (Å²) < 4.78 is 5.78. The summed E-state index contributed by atoms with van der Waals surface area (Å²) in [6, 6.07) is 0.152. The Morgan fingerprint density at radius 3 is 1.92 bits per heavy atom. The quantitative estimate of drug-likeness (QED) is 0.734. The highest BCUT2D eigenvalue weighted by Gasteiger charge is 2.20. The van der Waals surface area contributed by atoms with Crippen LogP contribution < -0.4 is 5.73 Å². The van der Waals surface area contributed by atoms with E-state index in [2.05, 4.69) is 41.5 Å². The van der Waals surface area contributed by atoms with E-state index in [1.165, 1.54) is 0 Å². The first-order chi connectivity index (χ1) is 5.72. The Bertz CT molecular complexity index is 138. The molecule has 0 aliphatic heterocycles. The molecule has 0 aromatic rings. The summed E-state index contributed by atoms with van der Waals surface area (Å²) in [6.07, 6.45) is 1.17. The van der Waals surface area contributed by atoms with Crippen molar-refractivity contribution < 1.29 is 4.74 Å².